The van der Waals surface area contributed by atoms with Gasteiger partial charge in [-0.25, -0.2) is 0 Å². The van der Waals surface area contributed by atoms with Crippen molar-refractivity contribution in [3.05, 3.63) is 95.3 Å². The summed E-state index contributed by atoms with van der Waals surface area (Å²) < 4.78 is 13.4. The zero-order valence-electron chi connectivity index (χ0n) is 28.7. The number of carbonyl (C=O) groups excluding carboxylic acids is 1. The molecule has 0 radical (unpaired) electrons. The standard InChI is InChI=1S/C40H57N3O4/c1-3-5-7-9-11-13-25-43(26-14-12-10-8-6-4-2)30-37-28-38(33-22-20-32(31-44)21-23-33)47-40(46-37)34-17-15-19-36(27-34)42-39(45)35-18-16-24-41-29-35/h15-24,27,29,37-38,40,44H,3-14,25-26,28,30-31H2,1-2H3,(H,42,45). The second-order valence-corrected chi connectivity index (χ2v) is 13.0. The van der Waals surface area contributed by atoms with Gasteiger partial charge in [0.25, 0.3) is 5.91 Å². The highest BCUT2D eigenvalue weighted by Crippen LogP contribution is 2.39. The van der Waals surface area contributed by atoms with E-state index in [1.165, 1.54) is 77.0 Å². The van der Waals surface area contributed by atoms with Gasteiger partial charge >= 0.3 is 0 Å². The maximum Gasteiger partial charge on any atom is 0.257 e. The molecule has 1 fully saturated rings. The Balaban J connectivity index is 1.47. The number of benzene rings is 2. The van der Waals surface area contributed by atoms with Gasteiger partial charge < -0.3 is 24.8 Å². The van der Waals surface area contributed by atoms with E-state index in [-0.39, 0.29) is 24.7 Å². The van der Waals surface area contributed by atoms with E-state index >= 15 is 0 Å². The predicted octanol–water partition coefficient (Wildman–Crippen LogP) is 9.39. The molecule has 3 unspecified atom stereocenters. The number of aliphatic hydroxyl groups is 1. The molecule has 1 amide bonds. The van der Waals surface area contributed by atoms with E-state index in [9.17, 15) is 9.90 Å². The monoisotopic (exact) mass is 643 g/mol. The molecule has 7 heteroatoms. The van der Waals surface area contributed by atoms with Crippen LogP contribution >= 0.6 is 0 Å². The van der Waals surface area contributed by atoms with Crippen LogP contribution in [0.25, 0.3) is 0 Å². The van der Waals surface area contributed by atoms with Crippen molar-refractivity contribution >= 4 is 11.6 Å². The van der Waals surface area contributed by atoms with Crippen LogP contribution in [0.1, 0.15) is 137 Å². The summed E-state index contributed by atoms with van der Waals surface area (Å²) in [5, 5.41) is 12.6. The first-order valence-corrected chi connectivity index (χ1v) is 18.1. The number of aromatic nitrogens is 1. The Morgan fingerprint density at radius 3 is 2.15 bits per heavy atom. The van der Waals surface area contributed by atoms with Gasteiger partial charge in [-0.3, -0.25) is 9.78 Å². The summed E-state index contributed by atoms with van der Waals surface area (Å²) in [5.41, 5.74) is 4.02. The molecule has 3 aromatic rings. The smallest absolute Gasteiger partial charge is 0.257 e. The van der Waals surface area contributed by atoms with Crippen molar-refractivity contribution in [3.8, 4) is 0 Å². The van der Waals surface area contributed by atoms with E-state index in [1.807, 2.05) is 36.4 Å². The lowest BCUT2D eigenvalue weighted by Crippen LogP contribution is -2.40. The number of nitrogens with one attached hydrogen (secondary N) is 1. The molecule has 2 aromatic carbocycles. The van der Waals surface area contributed by atoms with Crippen molar-refractivity contribution in [3.63, 3.8) is 0 Å². The molecule has 1 aliphatic rings. The normalized spacial score (nSPS) is 18.0. The zero-order valence-corrected chi connectivity index (χ0v) is 28.7. The molecule has 0 spiro atoms. The van der Waals surface area contributed by atoms with Gasteiger partial charge in [-0.15, -0.1) is 0 Å². The molecule has 1 saturated heterocycles. The first-order valence-electron chi connectivity index (χ1n) is 18.1. The maximum absolute atomic E-state index is 12.8. The fourth-order valence-corrected chi connectivity index (χ4v) is 6.31. The van der Waals surface area contributed by atoms with Gasteiger partial charge in [0.05, 0.1) is 24.4 Å². The van der Waals surface area contributed by atoms with Gasteiger partial charge in [0.15, 0.2) is 6.29 Å². The maximum atomic E-state index is 12.8. The lowest BCUT2D eigenvalue weighted by Gasteiger charge is -2.38. The average molecular weight is 644 g/mol. The minimum Gasteiger partial charge on any atom is -0.392 e. The Morgan fingerprint density at radius 1 is 0.830 bits per heavy atom. The number of aliphatic hydroxyl groups excluding tert-OH is 1. The molecule has 1 aromatic heterocycles. The Labute approximate surface area is 283 Å². The third-order valence-electron chi connectivity index (χ3n) is 9.07. The van der Waals surface area contributed by atoms with Crippen LogP contribution in [-0.4, -0.2) is 46.6 Å². The fraction of sp³-hybridized carbons (Fsp3) is 0.550. The third-order valence-corrected chi connectivity index (χ3v) is 9.07. The van der Waals surface area contributed by atoms with Crippen molar-refractivity contribution in [1.29, 1.82) is 0 Å². The molecular formula is C40H57N3O4. The number of hydrogen-bond acceptors (Lipinski definition) is 6. The summed E-state index contributed by atoms with van der Waals surface area (Å²) >= 11 is 0. The molecule has 0 saturated carbocycles. The summed E-state index contributed by atoms with van der Waals surface area (Å²) in [6.07, 6.45) is 18.7. The molecule has 2 N–H and O–H groups in total. The number of carbonyl (C=O) groups is 1. The largest absolute Gasteiger partial charge is 0.392 e. The molecule has 47 heavy (non-hydrogen) atoms. The molecule has 7 nitrogen and oxygen atoms in total. The number of unbranched alkanes of at least 4 members (excludes halogenated alkanes) is 10. The van der Waals surface area contributed by atoms with Crippen LogP contribution in [0.5, 0.6) is 0 Å². The second kappa shape index (κ2) is 21.0. The number of hydrogen-bond donors (Lipinski definition) is 2. The zero-order chi connectivity index (χ0) is 33.1. The SMILES string of the molecule is CCCCCCCCN(CCCCCCCC)CC1CC(c2ccc(CO)cc2)OC(c2cccc(NC(=O)c3cccnc3)c2)O1. The third kappa shape index (κ3) is 12.8. The van der Waals surface area contributed by atoms with Crippen molar-refractivity contribution in [2.45, 2.75) is 122 Å². The lowest BCUT2D eigenvalue weighted by atomic mass is 9.99. The number of nitrogens with zero attached hydrogens (tertiary/aromatic N) is 2. The predicted molar refractivity (Wildman–Crippen MR) is 190 cm³/mol. The first kappa shape index (κ1) is 36.7. The summed E-state index contributed by atoms with van der Waals surface area (Å²) in [4.78, 5) is 19.5. The van der Waals surface area contributed by atoms with Crippen LogP contribution in [0, 0.1) is 0 Å². The molecule has 0 bridgehead atoms. The average Bonchev–Trinajstić information content (AvgIpc) is 3.11. The van der Waals surface area contributed by atoms with Gasteiger partial charge in [-0.05, 0) is 61.3 Å². The van der Waals surface area contributed by atoms with E-state index < -0.39 is 6.29 Å². The first-order chi connectivity index (χ1) is 23.1. The fourth-order valence-electron chi connectivity index (χ4n) is 6.31. The lowest BCUT2D eigenvalue weighted by molar-refractivity contribution is -0.253. The number of pyridine rings is 1. The van der Waals surface area contributed by atoms with Gasteiger partial charge in [-0.1, -0.05) is 114 Å². The highest BCUT2D eigenvalue weighted by atomic mass is 16.7. The Morgan fingerprint density at radius 2 is 1.51 bits per heavy atom. The van der Waals surface area contributed by atoms with Gasteiger partial charge in [0.1, 0.15) is 0 Å². The van der Waals surface area contributed by atoms with Crippen LogP contribution in [0.15, 0.2) is 73.1 Å². The summed E-state index contributed by atoms with van der Waals surface area (Å²) in [6.45, 7) is 7.62. The van der Waals surface area contributed by atoms with E-state index in [1.54, 1.807) is 24.5 Å². The summed E-state index contributed by atoms with van der Waals surface area (Å²) in [5.74, 6) is -0.208. The molecule has 4 rings (SSSR count). The molecule has 3 atom stereocenters. The Kier molecular flexibility index (Phi) is 16.4. The number of rotatable bonds is 21. The number of ether oxygens (including phenoxy) is 2. The highest BCUT2D eigenvalue weighted by molar-refractivity contribution is 6.04. The Hall–Kier alpha value is -3.10. The minimum atomic E-state index is -0.573. The van der Waals surface area contributed by atoms with E-state index in [2.05, 4.69) is 41.2 Å². The number of amides is 1. The van der Waals surface area contributed by atoms with Crippen molar-refractivity contribution in [2.24, 2.45) is 0 Å². The molecule has 0 aliphatic carbocycles. The second-order valence-electron chi connectivity index (χ2n) is 13.0. The molecule has 256 valence electrons. The van der Waals surface area contributed by atoms with Crippen LogP contribution in [0.4, 0.5) is 5.69 Å². The van der Waals surface area contributed by atoms with Gasteiger partial charge in [0.2, 0.25) is 0 Å². The van der Waals surface area contributed by atoms with Crippen LogP contribution in [-0.2, 0) is 16.1 Å². The van der Waals surface area contributed by atoms with E-state index in [4.69, 9.17) is 9.47 Å². The van der Waals surface area contributed by atoms with Crippen molar-refractivity contribution in [1.82, 2.24) is 9.88 Å². The summed E-state index contributed by atoms with van der Waals surface area (Å²) in [6, 6.07) is 19.3. The van der Waals surface area contributed by atoms with Crippen LogP contribution in [0.2, 0.25) is 0 Å². The molecular weight excluding hydrogens is 586 g/mol. The van der Waals surface area contributed by atoms with Gasteiger partial charge in [0, 0.05) is 36.6 Å². The highest BCUT2D eigenvalue weighted by Gasteiger charge is 2.33. The van der Waals surface area contributed by atoms with Crippen molar-refractivity contribution < 1.29 is 19.4 Å². The summed E-state index contributed by atoms with van der Waals surface area (Å²) in [7, 11) is 0. The molecule has 1 aliphatic heterocycles. The van der Waals surface area contributed by atoms with Crippen molar-refractivity contribution in [2.75, 3.05) is 25.0 Å². The number of anilines is 1. The van der Waals surface area contributed by atoms with Gasteiger partial charge in [-0.2, -0.15) is 0 Å². The van der Waals surface area contributed by atoms with Crippen LogP contribution < -0.4 is 5.32 Å². The molecule has 2 heterocycles. The van der Waals surface area contributed by atoms with E-state index in [0.29, 0.717) is 11.3 Å². The van der Waals surface area contributed by atoms with E-state index in [0.717, 1.165) is 42.7 Å². The van der Waals surface area contributed by atoms with Crippen LogP contribution in [0.3, 0.4) is 0 Å². The quantitative estimate of drug-likeness (QED) is 0.113. The topological polar surface area (TPSA) is 83.9 Å². The Bertz CT molecular complexity index is 1270. The minimum absolute atomic E-state index is 0.00917.